The summed E-state index contributed by atoms with van der Waals surface area (Å²) in [6.07, 6.45) is 2.59. The molecule has 0 spiro atoms. The number of rotatable bonds is 5. The second-order valence-corrected chi connectivity index (χ2v) is 8.44. The van der Waals surface area contributed by atoms with Gasteiger partial charge < -0.3 is 15.3 Å². The molecule has 2 amide bonds. The fraction of sp³-hybridized carbons (Fsp3) is 0.600. The number of carbonyl (C=O) groups is 2. The van der Waals surface area contributed by atoms with Gasteiger partial charge in [-0.05, 0) is 56.8 Å². The van der Waals surface area contributed by atoms with Crippen molar-refractivity contribution in [2.45, 2.75) is 32.7 Å². The Kier molecular flexibility index (Phi) is 6.27. The monoisotopic (exact) mass is 393 g/mol. The third-order valence-corrected chi connectivity index (χ3v) is 6.25. The Hall–Kier alpha value is -1.79. The first-order valence-corrected chi connectivity index (χ1v) is 9.97. The average molecular weight is 394 g/mol. The molecular weight excluding hydrogens is 366 g/mol. The summed E-state index contributed by atoms with van der Waals surface area (Å²) in [7, 11) is 0. The number of benzene rings is 1. The van der Waals surface area contributed by atoms with Crippen LogP contribution in [0.25, 0.3) is 0 Å². The zero-order valence-electron chi connectivity index (χ0n) is 15.8. The first-order chi connectivity index (χ1) is 12.9. The summed E-state index contributed by atoms with van der Waals surface area (Å²) in [5.41, 5.74) is 0.336. The number of nitrogens with zero attached hydrogens (tertiary/aromatic N) is 2. The summed E-state index contributed by atoms with van der Waals surface area (Å²) in [6, 6.07) is 7.80. The Morgan fingerprint density at radius 3 is 2.59 bits per heavy atom. The van der Waals surface area contributed by atoms with Gasteiger partial charge in [-0.2, -0.15) is 0 Å². The predicted molar refractivity (Wildman–Crippen MR) is 105 cm³/mol. The van der Waals surface area contributed by atoms with Crippen LogP contribution in [0.1, 0.15) is 31.7 Å². The molecule has 2 fully saturated rings. The molecule has 0 aliphatic carbocycles. The maximum atomic E-state index is 12.3. The smallest absolute Gasteiger partial charge is 0.317 e. The molecule has 2 N–H and O–H groups in total. The SMILES string of the molecule is CC1(C(=O)O)CCN(C(=O)NCC2CCN(Cc3ccccc3Cl)CC2)C1. The van der Waals surface area contributed by atoms with Crippen LogP contribution in [0.2, 0.25) is 5.02 Å². The lowest BCUT2D eigenvalue weighted by Crippen LogP contribution is -2.44. The van der Waals surface area contributed by atoms with E-state index >= 15 is 0 Å². The van der Waals surface area contributed by atoms with E-state index in [1.165, 1.54) is 0 Å². The number of carbonyl (C=O) groups excluding carboxylic acids is 1. The molecule has 7 heteroatoms. The zero-order valence-corrected chi connectivity index (χ0v) is 16.5. The van der Waals surface area contributed by atoms with Crippen LogP contribution in [0.15, 0.2) is 24.3 Å². The molecule has 2 saturated heterocycles. The third-order valence-electron chi connectivity index (χ3n) is 5.88. The largest absolute Gasteiger partial charge is 0.481 e. The number of halogens is 1. The number of hydrogen-bond acceptors (Lipinski definition) is 3. The van der Waals surface area contributed by atoms with E-state index in [0.29, 0.717) is 25.4 Å². The highest BCUT2D eigenvalue weighted by atomic mass is 35.5. The van der Waals surface area contributed by atoms with E-state index < -0.39 is 11.4 Å². The maximum absolute atomic E-state index is 12.3. The van der Waals surface area contributed by atoms with Crippen LogP contribution in [0.4, 0.5) is 4.79 Å². The fourth-order valence-electron chi connectivity index (χ4n) is 3.87. The van der Waals surface area contributed by atoms with Crippen molar-refractivity contribution in [1.29, 1.82) is 0 Å². The van der Waals surface area contributed by atoms with Gasteiger partial charge in [0.2, 0.25) is 0 Å². The van der Waals surface area contributed by atoms with Crippen LogP contribution < -0.4 is 5.32 Å². The van der Waals surface area contributed by atoms with Crippen molar-refractivity contribution >= 4 is 23.6 Å². The van der Waals surface area contributed by atoms with E-state index in [1.807, 2.05) is 18.2 Å². The van der Waals surface area contributed by atoms with Crippen LogP contribution in [0, 0.1) is 11.3 Å². The number of hydrogen-bond donors (Lipinski definition) is 2. The van der Waals surface area contributed by atoms with Crippen molar-refractivity contribution in [2.24, 2.45) is 11.3 Å². The average Bonchev–Trinajstić information content (AvgIpc) is 3.07. The van der Waals surface area contributed by atoms with Gasteiger partial charge in [-0.25, -0.2) is 4.79 Å². The van der Waals surface area contributed by atoms with E-state index in [4.69, 9.17) is 11.6 Å². The van der Waals surface area contributed by atoms with Gasteiger partial charge >= 0.3 is 12.0 Å². The van der Waals surface area contributed by atoms with Gasteiger partial charge in [-0.3, -0.25) is 9.69 Å². The van der Waals surface area contributed by atoms with Gasteiger partial charge in [0.05, 0.1) is 5.41 Å². The third kappa shape index (κ3) is 4.93. The lowest BCUT2D eigenvalue weighted by atomic mass is 9.90. The van der Waals surface area contributed by atoms with E-state index in [1.54, 1.807) is 11.8 Å². The molecule has 27 heavy (non-hydrogen) atoms. The van der Waals surface area contributed by atoms with Gasteiger partial charge in [0.1, 0.15) is 0 Å². The van der Waals surface area contributed by atoms with E-state index in [0.717, 1.165) is 43.1 Å². The van der Waals surface area contributed by atoms with Gasteiger partial charge in [-0.15, -0.1) is 0 Å². The van der Waals surface area contributed by atoms with E-state index in [2.05, 4.69) is 16.3 Å². The highest BCUT2D eigenvalue weighted by Crippen LogP contribution is 2.30. The minimum atomic E-state index is -0.830. The number of amides is 2. The molecule has 0 saturated carbocycles. The summed E-state index contributed by atoms with van der Waals surface area (Å²) < 4.78 is 0. The summed E-state index contributed by atoms with van der Waals surface area (Å²) >= 11 is 6.24. The topological polar surface area (TPSA) is 72.9 Å². The highest BCUT2D eigenvalue weighted by Gasteiger charge is 2.42. The number of carboxylic acid groups (broad SMARTS) is 1. The van der Waals surface area contributed by atoms with Crippen LogP contribution in [0.5, 0.6) is 0 Å². The normalized spacial score (nSPS) is 24.1. The molecule has 0 radical (unpaired) electrons. The molecule has 0 bridgehead atoms. The zero-order chi connectivity index (χ0) is 19.4. The number of piperidine rings is 1. The summed E-state index contributed by atoms with van der Waals surface area (Å²) in [5.74, 6) is -0.367. The molecule has 2 aliphatic rings. The Balaban J connectivity index is 1.39. The van der Waals surface area contributed by atoms with Crippen molar-refractivity contribution in [1.82, 2.24) is 15.1 Å². The molecule has 6 nitrogen and oxygen atoms in total. The minimum Gasteiger partial charge on any atom is -0.481 e. The molecule has 1 aromatic carbocycles. The Bertz CT molecular complexity index is 691. The number of urea groups is 1. The second kappa shape index (κ2) is 8.48. The lowest BCUT2D eigenvalue weighted by molar-refractivity contribution is -0.147. The molecule has 3 rings (SSSR count). The molecule has 148 valence electrons. The van der Waals surface area contributed by atoms with Gasteiger partial charge in [0.15, 0.2) is 0 Å². The lowest BCUT2D eigenvalue weighted by Gasteiger charge is -2.32. The number of nitrogens with one attached hydrogen (secondary N) is 1. The van der Waals surface area contributed by atoms with Crippen LogP contribution in [-0.2, 0) is 11.3 Å². The van der Waals surface area contributed by atoms with Gasteiger partial charge in [0.25, 0.3) is 0 Å². The van der Waals surface area contributed by atoms with Crippen LogP contribution in [-0.4, -0.2) is 59.6 Å². The maximum Gasteiger partial charge on any atom is 0.317 e. The Morgan fingerprint density at radius 1 is 1.26 bits per heavy atom. The van der Waals surface area contributed by atoms with Crippen molar-refractivity contribution < 1.29 is 14.7 Å². The van der Waals surface area contributed by atoms with Crippen molar-refractivity contribution in [3.8, 4) is 0 Å². The van der Waals surface area contributed by atoms with Gasteiger partial charge in [0, 0.05) is 31.2 Å². The highest BCUT2D eigenvalue weighted by molar-refractivity contribution is 6.31. The molecular formula is C20H28ClN3O3. The molecule has 2 aliphatic heterocycles. The number of carboxylic acids is 1. The van der Waals surface area contributed by atoms with E-state index in [-0.39, 0.29) is 12.6 Å². The Labute approximate surface area is 165 Å². The molecule has 1 aromatic rings. The number of likely N-dealkylation sites (tertiary alicyclic amines) is 2. The van der Waals surface area contributed by atoms with Crippen molar-refractivity contribution in [2.75, 3.05) is 32.7 Å². The van der Waals surface area contributed by atoms with Gasteiger partial charge in [-0.1, -0.05) is 29.8 Å². The first kappa shape index (κ1) is 20.0. The molecule has 0 aromatic heterocycles. The summed E-state index contributed by atoms with van der Waals surface area (Å²) in [5, 5.41) is 13.1. The standard InChI is InChI=1S/C20H28ClN3O3/c1-20(18(25)26)8-11-24(14-20)19(27)22-12-15-6-9-23(10-7-15)13-16-4-2-3-5-17(16)21/h2-5,15H,6-14H2,1H3,(H,22,27)(H,25,26). The number of aliphatic carboxylic acids is 1. The molecule has 1 unspecified atom stereocenters. The molecule has 2 heterocycles. The minimum absolute atomic E-state index is 0.140. The Morgan fingerprint density at radius 2 is 1.96 bits per heavy atom. The second-order valence-electron chi connectivity index (χ2n) is 8.03. The first-order valence-electron chi connectivity index (χ1n) is 9.59. The predicted octanol–water partition coefficient (Wildman–Crippen LogP) is 3.06. The van der Waals surface area contributed by atoms with Crippen LogP contribution >= 0.6 is 11.6 Å². The molecule has 1 atom stereocenters. The van der Waals surface area contributed by atoms with E-state index in [9.17, 15) is 14.7 Å². The quantitative estimate of drug-likeness (QED) is 0.806. The fourth-order valence-corrected chi connectivity index (χ4v) is 4.06. The van der Waals surface area contributed by atoms with Crippen LogP contribution in [0.3, 0.4) is 0 Å². The summed E-state index contributed by atoms with van der Waals surface area (Å²) in [6.45, 7) is 5.99. The van der Waals surface area contributed by atoms with Crippen molar-refractivity contribution in [3.63, 3.8) is 0 Å². The summed E-state index contributed by atoms with van der Waals surface area (Å²) in [4.78, 5) is 27.7. The van der Waals surface area contributed by atoms with Crippen molar-refractivity contribution in [3.05, 3.63) is 34.9 Å².